The Morgan fingerprint density at radius 2 is 2.16 bits per heavy atom. The SMILES string of the molecule is CC1=C(c2cccc(Br)c2)S(=O)(=O)NC1=NCCCN1CCCC1=O. The van der Waals surface area contributed by atoms with E-state index in [-0.39, 0.29) is 10.8 Å². The lowest BCUT2D eigenvalue weighted by Gasteiger charge is -2.14. The molecule has 1 N–H and O–H groups in total. The van der Waals surface area contributed by atoms with E-state index >= 15 is 0 Å². The lowest BCUT2D eigenvalue weighted by molar-refractivity contribution is -0.127. The third-order valence-electron chi connectivity index (χ3n) is 4.31. The van der Waals surface area contributed by atoms with E-state index in [2.05, 4.69) is 25.6 Å². The zero-order valence-corrected chi connectivity index (χ0v) is 16.4. The molecule has 1 aromatic carbocycles. The van der Waals surface area contributed by atoms with Gasteiger partial charge in [0.2, 0.25) is 5.91 Å². The molecule has 2 heterocycles. The number of hydrogen-bond acceptors (Lipinski definition) is 4. The van der Waals surface area contributed by atoms with E-state index in [1.54, 1.807) is 25.1 Å². The number of benzene rings is 1. The van der Waals surface area contributed by atoms with Gasteiger partial charge in [-0.15, -0.1) is 0 Å². The average molecular weight is 426 g/mol. The molecule has 25 heavy (non-hydrogen) atoms. The van der Waals surface area contributed by atoms with Crippen molar-refractivity contribution in [2.75, 3.05) is 19.6 Å². The van der Waals surface area contributed by atoms with Gasteiger partial charge in [0.1, 0.15) is 10.7 Å². The van der Waals surface area contributed by atoms with Crippen molar-refractivity contribution in [1.82, 2.24) is 9.62 Å². The molecule has 1 amide bonds. The number of carbonyl (C=O) groups excluding carboxylic acids is 1. The van der Waals surface area contributed by atoms with Crippen LogP contribution in [-0.2, 0) is 14.8 Å². The quantitative estimate of drug-likeness (QED) is 0.735. The smallest absolute Gasteiger partial charge is 0.264 e. The van der Waals surface area contributed by atoms with Crippen LogP contribution < -0.4 is 4.72 Å². The average Bonchev–Trinajstić information content (AvgIpc) is 3.04. The normalized spacial score (nSPS) is 21.3. The summed E-state index contributed by atoms with van der Waals surface area (Å²) < 4.78 is 28.3. The Kier molecular flexibility index (Phi) is 5.29. The van der Waals surface area contributed by atoms with Gasteiger partial charge in [0.05, 0.1) is 0 Å². The Labute approximate surface area is 156 Å². The van der Waals surface area contributed by atoms with Crippen LogP contribution in [0.3, 0.4) is 0 Å². The van der Waals surface area contributed by atoms with Crippen LogP contribution in [-0.4, -0.2) is 44.7 Å². The second kappa shape index (κ2) is 7.29. The number of amidine groups is 1. The molecule has 1 saturated heterocycles. The van der Waals surface area contributed by atoms with Crippen molar-refractivity contribution < 1.29 is 13.2 Å². The highest BCUT2D eigenvalue weighted by molar-refractivity contribution is 9.10. The minimum absolute atomic E-state index is 0.197. The maximum Gasteiger partial charge on any atom is 0.264 e. The van der Waals surface area contributed by atoms with Gasteiger partial charge in [-0.2, -0.15) is 0 Å². The van der Waals surface area contributed by atoms with Crippen LogP contribution in [0, 0.1) is 0 Å². The lowest BCUT2D eigenvalue weighted by atomic mass is 10.1. The Bertz CT molecular complexity index is 862. The molecule has 1 aromatic rings. The Hall–Kier alpha value is -1.67. The highest BCUT2D eigenvalue weighted by Crippen LogP contribution is 2.31. The van der Waals surface area contributed by atoms with E-state index in [1.165, 1.54) is 0 Å². The number of amides is 1. The van der Waals surface area contributed by atoms with Gasteiger partial charge in [-0.25, -0.2) is 8.42 Å². The van der Waals surface area contributed by atoms with Crippen molar-refractivity contribution in [2.45, 2.75) is 26.2 Å². The zero-order valence-electron chi connectivity index (χ0n) is 14.0. The van der Waals surface area contributed by atoms with Gasteiger partial charge in [-0.3, -0.25) is 14.5 Å². The largest absolute Gasteiger partial charge is 0.343 e. The first-order valence-corrected chi connectivity index (χ1v) is 10.5. The molecule has 0 aromatic heterocycles. The molecule has 134 valence electrons. The summed E-state index contributed by atoms with van der Waals surface area (Å²) in [6, 6.07) is 7.20. The van der Waals surface area contributed by atoms with Crippen molar-refractivity contribution in [3.63, 3.8) is 0 Å². The number of rotatable bonds is 5. The summed E-state index contributed by atoms with van der Waals surface area (Å²) in [6.45, 7) is 3.72. The van der Waals surface area contributed by atoms with E-state index in [0.717, 1.165) is 23.9 Å². The van der Waals surface area contributed by atoms with Gasteiger partial charge in [0.15, 0.2) is 0 Å². The standard InChI is InChI=1S/C17H20BrN3O3S/c1-12-16(13-5-2-6-14(18)11-13)25(23,24)20-17(12)19-8-4-10-21-9-3-7-15(21)22/h2,5-6,11H,3-4,7-10H2,1H3,(H,19,20). The minimum Gasteiger partial charge on any atom is -0.343 e. The fourth-order valence-corrected chi connectivity index (χ4v) is 5.02. The molecule has 0 spiro atoms. The van der Waals surface area contributed by atoms with Crippen LogP contribution >= 0.6 is 15.9 Å². The van der Waals surface area contributed by atoms with Crippen LogP contribution in [0.2, 0.25) is 0 Å². The van der Waals surface area contributed by atoms with Gasteiger partial charge in [0.25, 0.3) is 10.0 Å². The first-order chi connectivity index (χ1) is 11.9. The number of nitrogens with zero attached hydrogens (tertiary/aromatic N) is 2. The van der Waals surface area contributed by atoms with Crippen LogP contribution in [0.1, 0.15) is 31.7 Å². The fraction of sp³-hybridized carbons (Fsp3) is 0.412. The molecule has 0 saturated carbocycles. The van der Waals surface area contributed by atoms with Gasteiger partial charge < -0.3 is 4.90 Å². The predicted molar refractivity (Wildman–Crippen MR) is 102 cm³/mol. The number of sulfonamides is 1. The molecule has 6 nitrogen and oxygen atoms in total. The fourth-order valence-electron chi connectivity index (χ4n) is 3.11. The zero-order chi connectivity index (χ0) is 18.0. The molecule has 2 aliphatic heterocycles. The lowest BCUT2D eigenvalue weighted by Crippen LogP contribution is -2.27. The molecule has 8 heteroatoms. The molecule has 0 bridgehead atoms. The van der Waals surface area contributed by atoms with Gasteiger partial charge in [-0.05, 0) is 37.5 Å². The topological polar surface area (TPSA) is 78.8 Å². The molecule has 0 atom stereocenters. The van der Waals surface area contributed by atoms with Gasteiger partial charge in [0, 0.05) is 36.1 Å². The number of halogens is 1. The highest BCUT2D eigenvalue weighted by Gasteiger charge is 2.32. The van der Waals surface area contributed by atoms with Crippen LogP contribution in [0.5, 0.6) is 0 Å². The van der Waals surface area contributed by atoms with Gasteiger partial charge in [-0.1, -0.05) is 28.1 Å². The molecular formula is C17H20BrN3O3S. The Morgan fingerprint density at radius 3 is 2.84 bits per heavy atom. The maximum atomic E-state index is 12.5. The molecule has 0 unspecified atom stereocenters. The summed E-state index contributed by atoms with van der Waals surface area (Å²) >= 11 is 3.37. The van der Waals surface area contributed by atoms with E-state index in [1.807, 2.05) is 11.0 Å². The number of likely N-dealkylation sites (tertiary alicyclic amines) is 1. The van der Waals surface area contributed by atoms with Crippen molar-refractivity contribution in [3.8, 4) is 0 Å². The van der Waals surface area contributed by atoms with Gasteiger partial charge >= 0.3 is 0 Å². The van der Waals surface area contributed by atoms with E-state index in [0.29, 0.717) is 36.5 Å². The first-order valence-electron chi connectivity index (χ1n) is 8.21. The number of aliphatic imine (C=N–C) groups is 1. The second-order valence-electron chi connectivity index (χ2n) is 6.14. The van der Waals surface area contributed by atoms with Crippen LogP contribution in [0.15, 0.2) is 39.3 Å². The van der Waals surface area contributed by atoms with Crippen molar-refractivity contribution in [2.24, 2.45) is 4.99 Å². The summed E-state index contributed by atoms with van der Waals surface area (Å²) in [5.74, 6) is 0.588. The summed E-state index contributed by atoms with van der Waals surface area (Å²) in [7, 11) is -3.60. The molecule has 2 aliphatic rings. The summed E-state index contributed by atoms with van der Waals surface area (Å²) in [5, 5.41) is 0. The van der Waals surface area contributed by atoms with Crippen molar-refractivity contribution in [1.29, 1.82) is 0 Å². The summed E-state index contributed by atoms with van der Waals surface area (Å²) in [4.78, 5) is 18.1. The Balaban J connectivity index is 1.73. The van der Waals surface area contributed by atoms with Crippen molar-refractivity contribution in [3.05, 3.63) is 39.9 Å². The molecule has 1 fully saturated rings. The maximum absolute atomic E-state index is 12.5. The molecule has 0 radical (unpaired) electrons. The van der Waals surface area contributed by atoms with Crippen molar-refractivity contribution >= 4 is 42.6 Å². The van der Waals surface area contributed by atoms with E-state index in [9.17, 15) is 13.2 Å². The molecular weight excluding hydrogens is 406 g/mol. The first kappa shape index (κ1) is 18.1. The number of carbonyl (C=O) groups is 1. The predicted octanol–water partition coefficient (Wildman–Crippen LogP) is 2.52. The van der Waals surface area contributed by atoms with Crippen LogP contribution in [0.4, 0.5) is 0 Å². The molecule has 0 aliphatic carbocycles. The number of hydrogen-bond donors (Lipinski definition) is 1. The summed E-state index contributed by atoms with van der Waals surface area (Å²) in [5.41, 5.74) is 1.25. The van der Waals surface area contributed by atoms with E-state index in [4.69, 9.17) is 0 Å². The third kappa shape index (κ3) is 3.95. The highest BCUT2D eigenvalue weighted by atomic mass is 79.9. The number of nitrogens with one attached hydrogen (secondary N) is 1. The molecule has 3 rings (SSSR count). The van der Waals surface area contributed by atoms with Crippen LogP contribution in [0.25, 0.3) is 4.91 Å². The van der Waals surface area contributed by atoms with E-state index < -0.39 is 10.0 Å². The monoisotopic (exact) mass is 425 g/mol. The summed E-state index contributed by atoms with van der Waals surface area (Å²) in [6.07, 6.45) is 2.27. The third-order valence-corrected chi connectivity index (χ3v) is 6.34. The minimum atomic E-state index is -3.60. The second-order valence-corrected chi connectivity index (χ2v) is 8.67. The Morgan fingerprint density at radius 1 is 1.36 bits per heavy atom.